The topological polar surface area (TPSA) is 52.7 Å². The van der Waals surface area contributed by atoms with Gasteiger partial charge in [0.1, 0.15) is 0 Å². The molecule has 1 aliphatic heterocycles. The van der Waals surface area contributed by atoms with Crippen LogP contribution in [0.2, 0.25) is 0 Å². The van der Waals surface area contributed by atoms with E-state index in [1.54, 1.807) is 6.08 Å². The number of benzene rings is 1. The molecule has 1 aliphatic carbocycles. The van der Waals surface area contributed by atoms with Crippen LogP contribution in [0, 0.1) is 6.92 Å². The minimum absolute atomic E-state index is 0.0395. The maximum Gasteiger partial charge on any atom is 0.246 e. The molecule has 0 radical (unpaired) electrons. The highest BCUT2D eigenvalue weighted by atomic mass is 16.2. The van der Waals surface area contributed by atoms with Gasteiger partial charge in [0.05, 0.1) is 6.54 Å². The van der Waals surface area contributed by atoms with E-state index in [4.69, 9.17) is 0 Å². The number of hydrogen-bond donors (Lipinski definition) is 1. The average molecular weight is 327 g/mol. The highest BCUT2D eigenvalue weighted by Gasteiger charge is 2.25. The maximum absolute atomic E-state index is 12.3. The van der Waals surface area contributed by atoms with Crippen LogP contribution in [0.25, 0.3) is 6.08 Å². The van der Waals surface area contributed by atoms with Crippen molar-refractivity contribution < 1.29 is 9.59 Å². The van der Waals surface area contributed by atoms with Crippen molar-refractivity contribution in [3.63, 3.8) is 0 Å². The van der Waals surface area contributed by atoms with Crippen LogP contribution >= 0.6 is 0 Å². The predicted molar refractivity (Wildman–Crippen MR) is 94.4 cm³/mol. The van der Waals surface area contributed by atoms with Crippen LogP contribution in [0.3, 0.4) is 0 Å². The fraction of sp³-hybridized carbons (Fsp3) is 0.474. The Balaban J connectivity index is 1.42. The number of rotatable bonds is 5. The average Bonchev–Trinajstić information content (AvgIpc) is 3.38. The fourth-order valence-electron chi connectivity index (χ4n) is 2.78. The summed E-state index contributed by atoms with van der Waals surface area (Å²) in [5, 5.41) is 3.01. The zero-order valence-electron chi connectivity index (χ0n) is 14.2. The molecule has 1 saturated carbocycles. The summed E-state index contributed by atoms with van der Waals surface area (Å²) >= 11 is 0. The van der Waals surface area contributed by atoms with Crippen molar-refractivity contribution in [1.29, 1.82) is 0 Å². The van der Waals surface area contributed by atoms with E-state index < -0.39 is 0 Å². The smallest absolute Gasteiger partial charge is 0.246 e. The first-order chi connectivity index (χ1) is 11.6. The van der Waals surface area contributed by atoms with Gasteiger partial charge in [0, 0.05) is 38.3 Å². The van der Waals surface area contributed by atoms with Crippen LogP contribution in [0.15, 0.2) is 30.3 Å². The molecule has 24 heavy (non-hydrogen) atoms. The molecule has 2 amide bonds. The Bertz CT molecular complexity index is 612. The van der Waals surface area contributed by atoms with Gasteiger partial charge in [-0.1, -0.05) is 29.8 Å². The molecule has 1 N–H and O–H groups in total. The number of nitrogens with one attached hydrogen (secondary N) is 1. The quantitative estimate of drug-likeness (QED) is 0.833. The molecule has 0 bridgehead atoms. The molecule has 0 atom stereocenters. The summed E-state index contributed by atoms with van der Waals surface area (Å²) in [5.74, 6) is 0.147. The molecular formula is C19H25N3O2. The summed E-state index contributed by atoms with van der Waals surface area (Å²) in [4.78, 5) is 28.0. The molecule has 2 aliphatic rings. The summed E-state index contributed by atoms with van der Waals surface area (Å²) in [6.45, 7) is 5.34. The summed E-state index contributed by atoms with van der Waals surface area (Å²) in [7, 11) is 0. The molecule has 3 rings (SSSR count). The van der Waals surface area contributed by atoms with Crippen molar-refractivity contribution in [1.82, 2.24) is 15.1 Å². The normalized spacial score (nSPS) is 18.8. The third-order valence-electron chi connectivity index (χ3n) is 4.49. The summed E-state index contributed by atoms with van der Waals surface area (Å²) in [6, 6.07) is 8.50. The Morgan fingerprint density at radius 1 is 1.12 bits per heavy atom. The second kappa shape index (κ2) is 7.62. The van der Waals surface area contributed by atoms with Gasteiger partial charge in [-0.3, -0.25) is 14.5 Å². The standard InChI is InChI=1S/C19H25N3O2/c1-15-2-4-16(5-3-15)6-9-19(24)22-12-10-21(11-13-22)14-18(23)20-17-7-8-17/h2-6,9,17H,7-8,10-14H2,1H3,(H,20,23)/b9-6+. The Kier molecular flexibility index (Phi) is 5.30. The van der Waals surface area contributed by atoms with E-state index in [-0.39, 0.29) is 11.8 Å². The van der Waals surface area contributed by atoms with Crippen LogP contribution in [0.5, 0.6) is 0 Å². The van der Waals surface area contributed by atoms with E-state index in [2.05, 4.69) is 10.2 Å². The van der Waals surface area contributed by atoms with Gasteiger partial charge in [0.25, 0.3) is 0 Å². The number of piperazine rings is 1. The highest BCUT2D eigenvalue weighted by Crippen LogP contribution is 2.18. The first-order valence-electron chi connectivity index (χ1n) is 8.65. The Labute approximate surface area is 143 Å². The van der Waals surface area contributed by atoms with Gasteiger partial charge in [0.15, 0.2) is 0 Å². The lowest BCUT2D eigenvalue weighted by Gasteiger charge is -2.33. The number of nitrogens with zero attached hydrogens (tertiary/aromatic N) is 2. The monoisotopic (exact) mass is 327 g/mol. The Morgan fingerprint density at radius 3 is 2.42 bits per heavy atom. The fourth-order valence-corrected chi connectivity index (χ4v) is 2.78. The minimum Gasteiger partial charge on any atom is -0.352 e. The van der Waals surface area contributed by atoms with Crippen LogP contribution in [-0.2, 0) is 9.59 Å². The molecular weight excluding hydrogens is 302 g/mol. The number of hydrogen-bond acceptors (Lipinski definition) is 3. The van der Waals surface area contributed by atoms with E-state index in [0.29, 0.717) is 25.7 Å². The molecule has 128 valence electrons. The number of aryl methyl sites for hydroxylation is 1. The van der Waals surface area contributed by atoms with Gasteiger partial charge in [-0.2, -0.15) is 0 Å². The minimum atomic E-state index is 0.0395. The van der Waals surface area contributed by atoms with Gasteiger partial charge in [-0.05, 0) is 31.4 Å². The number of carbonyl (C=O) groups excluding carboxylic acids is 2. The highest BCUT2D eigenvalue weighted by molar-refractivity contribution is 5.91. The largest absolute Gasteiger partial charge is 0.352 e. The van der Waals surface area contributed by atoms with E-state index >= 15 is 0 Å². The molecule has 0 aromatic heterocycles. The van der Waals surface area contributed by atoms with Crippen LogP contribution in [0.4, 0.5) is 0 Å². The molecule has 5 heteroatoms. The number of amides is 2. The molecule has 1 heterocycles. The van der Waals surface area contributed by atoms with Crippen molar-refractivity contribution >= 4 is 17.9 Å². The second-order valence-electron chi connectivity index (χ2n) is 6.69. The predicted octanol–water partition coefficient (Wildman–Crippen LogP) is 1.43. The van der Waals surface area contributed by atoms with Crippen molar-refractivity contribution in [2.45, 2.75) is 25.8 Å². The molecule has 1 saturated heterocycles. The van der Waals surface area contributed by atoms with E-state index in [0.717, 1.165) is 31.5 Å². The lowest BCUT2D eigenvalue weighted by atomic mass is 10.1. The van der Waals surface area contributed by atoms with E-state index in [1.165, 1.54) is 5.56 Å². The lowest BCUT2D eigenvalue weighted by molar-refractivity contribution is -0.128. The zero-order valence-corrected chi connectivity index (χ0v) is 14.2. The van der Waals surface area contributed by atoms with Crippen LogP contribution in [0.1, 0.15) is 24.0 Å². The zero-order chi connectivity index (χ0) is 16.9. The summed E-state index contributed by atoms with van der Waals surface area (Å²) in [6.07, 6.45) is 5.72. The van der Waals surface area contributed by atoms with Gasteiger partial charge < -0.3 is 10.2 Å². The van der Waals surface area contributed by atoms with Gasteiger partial charge in [-0.25, -0.2) is 0 Å². The summed E-state index contributed by atoms with van der Waals surface area (Å²) in [5.41, 5.74) is 2.24. The SMILES string of the molecule is Cc1ccc(/C=C/C(=O)N2CCN(CC(=O)NC3CC3)CC2)cc1. The number of carbonyl (C=O) groups is 2. The molecule has 1 aromatic carbocycles. The third kappa shape index (κ3) is 4.93. The van der Waals surface area contributed by atoms with Crippen molar-refractivity contribution in [3.8, 4) is 0 Å². The molecule has 0 spiro atoms. The van der Waals surface area contributed by atoms with Gasteiger partial charge >= 0.3 is 0 Å². The second-order valence-corrected chi connectivity index (χ2v) is 6.69. The first-order valence-corrected chi connectivity index (χ1v) is 8.65. The van der Waals surface area contributed by atoms with Crippen LogP contribution in [-0.4, -0.2) is 60.4 Å². The van der Waals surface area contributed by atoms with Crippen molar-refractivity contribution in [3.05, 3.63) is 41.5 Å². The first kappa shape index (κ1) is 16.7. The summed E-state index contributed by atoms with van der Waals surface area (Å²) < 4.78 is 0. The molecule has 2 fully saturated rings. The van der Waals surface area contributed by atoms with Crippen LogP contribution < -0.4 is 5.32 Å². The molecule has 1 aromatic rings. The van der Waals surface area contributed by atoms with Gasteiger partial charge in [0.2, 0.25) is 11.8 Å². The van der Waals surface area contributed by atoms with Gasteiger partial charge in [-0.15, -0.1) is 0 Å². The van der Waals surface area contributed by atoms with Crippen molar-refractivity contribution in [2.24, 2.45) is 0 Å². The van der Waals surface area contributed by atoms with E-state index in [1.807, 2.05) is 42.2 Å². The Morgan fingerprint density at radius 2 is 1.79 bits per heavy atom. The third-order valence-corrected chi connectivity index (χ3v) is 4.49. The van der Waals surface area contributed by atoms with E-state index in [9.17, 15) is 9.59 Å². The molecule has 5 nitrogen and oxygen atoms in total. The molecule has 0 unspecified atom stereocenters. The Hall–Kier alpha value is -2.14. The lowest BCUT2D eigenvalue weighted by Crippen LogP contribution is -2.51. The van der Waals surface area contributed by atoms with Crippen molar-refractivity contribution in [2.75, 3.05) is 32.7 Å². The maximum atomic E-state index is 12.3.